The Kier molecular flexibility index (Phi) is 3.87. The first kappa shape index (κ1) is 15.6. The Morgan fingerprint density at radius 1 is 0.783 bits per heavy atom. The van der Waals surface area contributed by atoms with E-state index in [4.69, 9.17) is 0 Å². The molecule has 2 N–H and O–H groups in total. The Labute approximate surface area is 137 Å². The molecule has 0 fully saturated rings. The fourth-order valence-electron chi connectivity index (χ4n) is 2.89. The van der Waals surface area contributed by atoms with Gasteiger partial charge in [-0.15, -0.1) is 0 Å². The minimum Gasteiger partial charge on any atom is -0.508 e. The van der Waals surface area contributed by atoms with Gasteiger partial charge in [0.05, 0.1) is 6.61 Å². The molecule has 2 heteroatoms. The van der Waals surface area contributed by atoms with Crippen LogP contribution in [-0.4, -0.2) is 10.2 Å². The normalized spacial score (nSPS) is 11.8. The van der Waals surface area contributed by atoms with Crippen molar-refractivity contribution in [2.75, 3.05) is 0 Å². The van der Waals surface area contributed by atoms with Crippen molar-refractivity contribution in [2.45, 2.75) is 32.8 Å². The van der Waals surface area contributed by atoms with E-state index in [-0.39, 0.29) is 12.0 Å². The third-order valence-electron chi connectivity index (χ3n) is 4.23. The van der Waals surface area contributed by atoms with Crippen LogP contribution in [0.25, 0.3) is 21.9 Å². The second-order valence-corrected chi connectivity index (χ2v) is 7.04. The molecule has 0 aliphatic rings. The fourth-order valence-corrected chi connectivity index (χ4v) is 2.89. The number of benzene rings is 3. The van der Waals surface area contributed by atoms with Gasteiger partial charge in [0.15, 0.2) is 0 Å². The minimum absolute atomic E-state index is 0.0601. The predicted octanol–water partition coefficient (Wildman–Crippen LogP) is 5.00. The van der Waals surface area contributed by atoms with Gasteiger partial charge in [-0.2, -0.15) is 0 Å². The zero-order valence-corrected chi connectivity index (χ0v) is 13.8. The molecule has 118 valence electrons. The molecule has 0 amide bonds. The van der Waals surface area contributed by atoms with Crippen LogP contribution >= 0.6 is 0 Å². The highest BCUT2D eigenvalue weighted by Crippen LogP contribution is 2.35. The zero-order chi connectivity index (χ0) is 16.6. The van der Waals surface area contributed by atoms with E-state index in [1.807, 2.05) is 24.3 Å². The molecule has 0 spiro atoms. The highest BCUT2D eigenvalue weighted by atomic mass is 16.3. The molecule has 0 bridgehead atoms. The van der Waals surface area contributed by atoms with E-state index in [1.54, 1.807) is 6.07 Å². The van der Waals surface area contributed by atoms with E-state index < -0.39 is 0 Å². The molecule has 23 heavy (non-hydrogen) atoms. The summed E-state index contributed by atoms with van der Waals surface area (Å²) in [5, 5.41) is 21.6. The largest absolute Gasteiger partial charge is 0.508 e. The number of fused-ring (bicyclic) bond motifs is 1. The SMILES string of the molecule is CC(C)(C)c1cc(-c2ccc3cc(CO)ccc3c2)ccc1O. The maximum absolute atomic E-state index is 10.1. The molecular weight excluding hydrogens is 284 g/mol. The number of aliphatic hydroxyl groups excluding tert-OH is 1. The van der Waals surface area contributed by atoms with Crippen LogP contribution < -0.4 is 0 Å². The third-order valence-corrected chi connectivity index (χ3v) is 4.23. The Bertz CT molecular complexity index is 857. The van der Waals surface area contributed by atoms with E-state index in [1.165, 1.54) is 0 Å². The van der Waals surface area contributed by atoms with Gasteiger partial charge in [0.2, 0.25) is 0 Å². The Morgan fingerprint density at radius 2 is 1.39 bits per heavy atom. The van der Waals surface area contributed by atoms with Crippen LogP contribution in [0.1, 0.15) is 31.9 Å². The lowest BCUT2D eigenvalue weighted by Gasteiger charge is -2.21. The maximum Gasteiger partial charge on any atom is 0.119 e. The standard InChI is InChI=1S/C21H22O2/c1-21(2,3)19-12-18(8-9-20(19)23)17-7-6-15-10-14(13-22)4-5-16(15)11-17/h4-12,22-23H,13H2,1-3H3. The topological polar surface area (TPSA) is 40.5 Å². The average molecular weight is 306 g/mol. The molecule has 0 aliphatic carbocycles. The van der Waals surface area contributed by atoms with Crippen LogP contribution in [0.15, 0.2) is 54.6 Å². The first-order valence-corrected chi connectivity index (χ1v) is 7.86. The van der Waals surface area contributed by atoms with Crippen LogP contribution in [0, 0.1) is 0 Å². The van der Waals surface area contributed by atoms with Crippen LogP contribution in [-0.2, 0) is 12.0 Å². The third kappa shape index (κ3) is 3.08. The second kappa shape index (κ2) is 5.71. The fraction of sp³-hybridized carbons (Fsp3) is 0.238. The molecule has 3 aromatic rings. The number of hydrogen-bond donors (Lipinski definition) is 2. The molecule has 0 saturated carbocycles. The number of hydrogen-bond acceptors (Lipinski definition) is 2. The monoisotopic (exact) mass is 306 g/mol. The molecule has 0 saturated heterocycles. The van der Waals surface area contributed by atoms with Gasteiger partial charge in [0.25, 0.3) is 0 Å². The number of phenols is 1. The zero-order valence-electron chi connectivity index (χ0n) is 13.8. The highest BCUT2D eigenvalue weighted by molar-refractivity contribution is 5.88. The summed E-state index contributed by atoms with van der Waals surface area (Å²) >= 11 is 0. The lowest BCUT2D eigenvalue weighted by molar-refractivity contribution is 0.282. The Hall–Kier alpha value is -2.32. The number of phenolic OH excluding ortho intramolecular Hbond substituents is 1. The lowest BCUT2D eigenvalue weighted by Crippen LogP contribution is -2.11. The van der Waals surface area contributed by atoms with Gasteiger partial charge in [-0.3, -0.25) is 0 Å². The molecule has 2 nitrogen and oxygen atoms in total. The van der Waals surface area contributed by atoms with E-state index in [0.29, 0.717) is 5.75 Å². The summed E-state index contributed by atoms with van der Waals surface area (Å²) in [6.45, 7) is 6.36. The summed E-state index contributed by atoms with van der Waals surface area (Å²) in [6, 6.07) is 18.1. The molecule has 0 heterocycles. The molecule has 0 unspecified atom stereocenters. The number of aromatic hydroxyl groups is 1. The summed E-state index contributed by atoms with van der Waals surface area (Å²) in [7, 11) is 0. The minimum atomic E-state index is -0.104. The van der Waals surface area contributed by atoms with Crippen molar-refractivity contribution in [1.82, 2.24) is 0 Å². The molecule has 0 aliphatic heterocycles. The molecule has 0 aromatic heterocycles. The van der Waals surface area contributed by atoms with Crippen LogP contribution in [0.5, 0.6) is 5.75 Å². The summed E-state index contributed by atoms with van der Waals surface area (Å²) in [5.74, 6) is 0.342. The van der Waals surface area contributed by atoms with Crippen molar-refractivity contribution in [3.8, 4) is 16.9 Å². The van der Waals surface area contributed by atoms with Crippen molar-refractivity contribution >= 4 is 10.8 Å². The second-order valence-electron chi connectivity index (χ2n) is 7.04. The van der Waals surface area contributed by atoms with Crippen molar-refractivity contribution in [2.24, 2.45) is 0 Å². The van der Waals surface area contributed by atoms with Gasteiger partial charge in [0.1, 0.15) is 5.75 Å². The molecule has 3 rings (SSSR count). The van der Waals surface area contributed by atoms with Crippen molar-refractivity contribution < 1.29 is 10.2 Å². The number of rotatable bonds is 2. The van der Waals surface area contributed by atoms with Gasteiger partial charge >= 0.3 is 0 Å². The first-order chi connectivity index (χ1) is 10.9. The smallest absolute Gasteiger partial charge is 0.119 e. The van der Waals surface area contributed by atoms with Gasteiger partial charge in [-0.25, -0.2) is 0 Å². The van der Waals surface area contributed by atoms with Crippen molar-refractivity contribution in [3.63, 3.8) is 0 Å². The van der Waals surface area contributed by atoms with E-state index >= 15 is 0 Å². The Morgan fingerprint density at radius 3 is 2.09 bits per heavy atom. The van der Waals surface area contributed by atoms with Gasteiger partial charge in [0, 0.05) is 0 Å². The van der Waals surface area contributed by atoms with Gasteiger partial charge in [-0.1, -0.05) is 51.1 Å². The highest BCUT2D eigenvalue weighted by Gasteiger charge is 2.18. The first-order valence-electron chi connectivity index (χ1n) is 7.86. The van der Waals surface area contributed by atoms with Crippen LogP contribution in [0.2, 0.25) is 0 Å². The lowest BCUT2D eigenvalue weighted by atomic mass is 9.84. The van der Waals surface area contributed by atoms with Crippen molar-refractivity contribution in [1.29, 1.82) is 0 Å². The average Bonchev–Trinajstić information content (AvgIpc) is 2.53. The van der Waals surface area contributed by atoms with E-state index in [9.17, 15) is 10.2 Å². The number of aliphatic hydroxyl groups is 1. The summed E-state index contributed by atoms with van der Waals surface area (Å²) in [4.78, 5) is 0. The van der Waals surface area contributed by atoms with Gasteiger partial charge < -0.3 is 10.2 Å². The Balaban J connectivity index is 2.10. The molecule has 3 aromatic carbocycles. The summed E-state index contributed by atoms with van der Waals surface area (Å²) < 4.78 is 0. The molecule has 0 atom stereocenters. The quantitative estimate of drug-likeness (QED) is 0.699. The molecule has 0 radical (unpaired) electrons. The van der Waals surface area contributed by atoms with E-state index in [0.717, 1.165) is 33.0 Å². The summed E-state index contributed by atoms with van der Waals surface area (Å²) in [5.41, 5.74) is 3.99. The van der Waals surface area contributed by atoms with Gasteiger partial charge in [-0.05, 0) is 62.7 Å². The molecular formula is C21H22O2. The van der Waals surface area contributed by atoms with Crippen molar-refractivity contribution in [3.05, 3.63) is 65.7 Å². The van der Waals surface area contributed by atoms with E-state index in [2.05, 4.69) is 45.0 Å². The van der Waals surface area contributed by atoms with Crippen LogP contribution in [0.3, 0.4) is 0 Å². The maximum atomic E-state index is 10.1. The van der Waals surface area contributed by atoms with Crippen LogP contribution in [0.4, 0.5) is 0 Å². The summed E-state index contributed by atoms with van der Waals surface area (Å²) in [6.07, 6.45) is 0. The predicted molar refractivity (Wildman–Crippen MR) is 95.7 cm³/mol.